The van der Waals surface area contributed by atoms with Crippen molar-refractivity contribution in [2.45, 2.75) is 91.7 Å². The average Bonchev–Trinajstić information content (AvgIpc) is 3.21. The third kappa shape index (κ3) is 9.03. The van der Waals surface area contributed by atoms with Gasteiger partial charge >= 0.3 is 11.9 Å². The number of carbonyl (C=O) groups is 2. The Balaban J connectivity index is 2.16. The fourth-order valence-corrected chi connectivity index (χ4v) is 5.43. The van der Waals surface area contributed by atoms with E-state index in [-0.39, 0.29) is 18.5 Å². The molecule has 2 rings (SSSR count). The van der Waals surface area contributed by atoms with Crippen LogP contribution in [0.25, 0.3) is 11.2 Å². The number of esters is 2. The Hall–Kier alpha value is -2.60. The van der Waals surface area contributed by atoms with Gasteiger partial charge in [-0.05, 0) is 48.0 Å². The second-order valence-electron chi connectivity index (χ2n) is 9.57. The molecule has 2 aromatic rings. The summed E-state index contributed by atoms with van der Waals surface area (Å²) in [6.45, 7) is 12.2. The third-order valence-electron chi connectivity index (χ3n) is 5.12. The zero-order valence-corrected chi connectivity index (χ0v) is 23.5. The Morgan fingerprint density at radius 1 is 1.19 bits per heavy atom. The molecular weight excluding hydrogens is 503 g/mol. The number of imidazole rings is 1. The quantitative estimate of drug-likeness (QED) is 0.192. The Bertz CT molecular complexity index is 1110. The zero-order valence-electron chi connectivity index (χ0n) is 22.6. The number of anilines is 1. The van der Waals surface area contributed by atoms with Crippen molar-refractivity contribution in [2.24, 2.45) is 0 Å². The van der Waals surface area contributed by atoms with Crippen LogP contribution >= 0.6 is 7.52 Å². The minimum atomic E-state index is -3.93. The summed E-state index contributed by atoms with van der Waals surface area (Å²) >= 11 is 0. The largest absolute Gasteiger partial charge is 0.464 e. The number of nitrogens with zero attached hydrogens (tertiary/aromatic N) is 4. The van der Waals surface area contributed by atoms with E-state index in [1.807, 2.05) is 6.92 Å². The number of carbonyl (C=O) groups excluding carboxylic acids is 2. The van der Waals surface area contributed by atoms with Crippen molar-refractivity contribution in [1.29, 1.82) is 0 Å². The van der Waals surface area contributed by atoms with E-state index in [1.54, 1.807) is 31.7 Å². The van der Waals surface area contributed by atoms with E-state index >= 15 is 0 Å². The van der Waals surface area contributed by atoms with Gasteiger partial charge in [0.05, 0.1) is 31.7 Å². The lowest BCUT2D eigenvalue weighted by Gasteiger charge is -2.31. The Labute approximate surface area is 217 Å². The predicted octanol–water partition coefficient (Wildman–Crippen LogP) is 3.03. The molecule has 13 nitrogen and oxygen atoms in total. The molecule has 0 radical (unpaired) electrons. The van der Waals surface area contributed by atoms with Crippen molar-refractivity contribution in [3.8, 4) is 0 Å². The smallest absolute Gasteiger partial charge is 0.335 e. The van der Waals surface area contributed by atoms with Crippen molar-refractivity contribution in [3.05, 3.63) is 12.7 Å². The van der Waals surface area contributed by atoms with E-state index in [1.165, 1.54) is 27.1 Å². The van der Waals surface area contributed by atoms with Gasteiger partial charge in [-0.1, -0.05) is 13.3 Å². The number of unbranched alkanes of at least 4 members (excludes halogenated alkanes) is 1. The number of hydrogen-bond acceptors (Lipinski definition) is 11. The van der Waals surface area contributed by atoms with Crippen LogP contribution in [0.15, 0.2) is 12.7 Å². The predicted molar refractivity (Wildman–Crippen MR) is 138 cm³/mol. The second kappa shape index (κ2) is 13.3. The maximum Gasteiger partial charge on any atom is 0.335 e. The first-order chi connectivity index (χ1) is 17.3. The molecule has 2 heterocycles. The third-order valence-corrected chi connectivity index (χ3v) is 7.16. The van der Waals surface area contributed by atoms with E-state index < -0.39 is 43.6 Å². The summed E-state index contributed by atoms with van der Waals surface area (Å²) < 4.78 is 37.6. The number of fused-ring (bicyclic) bond motifs is 1. The van der Waals surface area contributed by atoms with Gasteiger partial charge in [-0.25, -0.2) is 24.8 Å². The molecule has 0 aliphatic heterocycles. The van der Waals surface area contributed by atoms with Gasteiger partial charge in [0.15, 0.2) is 17.6 Å². The fraction of sp³-hybridized carbons (Fsp3) is 0.696. The first-order valence-corrected chi connectivity index (χ1v) is 14.1. The van der Waals surface area contributed by atoms with Crippen molar-refractivity contribution in [2.75, 3.05) is 18.7 Å². The van der Waals surface area contributed by atoms with Crippen LogP contribution in [0.3, 0.4) is 0 Å². The number of nitrogen functional groups attached to an aromatic ring is 1. The van der Waals surface area contributed by atoms with Crippen molar-refractivity contribution in [1.82, 2.24) is 24.6 Å². The molecule has 1 unspecified atom stereocenters. The number of ether oxygens (including phenoxy) is 3. The SMILES string of the molecule is CCCCOC(=O)C(C)(C)NP(=O)(CO[C@H](C)Cn1cnc2c(N)ncnc21)O[C@H](C)C(=O)OC(C)C. The molecule has 0 aliphatic rings. The van der Waals surface area contributed by atoms with Gasteiger partial charge in [-0.3, -0.25) is 9.36 Å². The number of aromatic nitrogens is 4. The van der Waals surface area contributed by atoms with E-state index in [0.717, 1.165) is 6.42 Å². The summed E-state index contributed by atoms with van der Waals surface area (Å²) in [5.41, 5.74) is 5.45. The molecule has 37 heavy (non-hydrogen) atoms. The Morgan fingerprint density at radius 3 is 2.54 bits per heavy atom. The normalized spacial score (nSPS) is 15.4. The van der Waals surface area contributed by atoms with Gasteiger partial charge in [0.25, 0.3) is 7.52 Å². The first-order valence-electron chi connectivity index (χ1n) is 12.3. The summed E-state index contributed by atoms with van der Waals surface area (Å²) in [4.78, 5) is 37.4. The average molecular weight is 543 g/mol. The van der Waals surface area contributed by atoms with Crippen LogP contribution < -0.4 is 10.8 Å². The van der Waals surface area contributed by atoms with Gasteiger partial charge in [-0.15, -0.1) is 0 Å². The van der Waals surface area contributed by atoms with Crippen LogP contribution in [0.1, 0.15) is 61.3 Å². The molecule has 0 amide bonds. The lowest BCUT2D eigenvalue weighted by Crippen LogP contribution is -2.47. The van der Waals surface area contributed by atoms with Crippen molar-refractivity contribution < 1.29 is 32.9 Å². The fourth-order valence-electron chi connectivity index (χ4n) is 3.26. The van der Waals surface area contributed by atoms with Crippen LogP contribution in [0.5, 0.6) is 0 Å². The summed E-state index contributed by atoms with van der Waals surface area (Å²) in [6, 6.07) is 0. The molecule has 3 atom stereocenters. The van der Waals surface area contributed by atoms with E-state index in [2.05, 4.69) is 20.0 Å². The van der Waals surface area contributed by atoms with Crippen LogP contribution in [0.4, 0.5) is 5.82 Å². The van der Waals surface area contributed by atoms with Crippen molar-refractivity contribution in [3.63, 3.8) is 0 Å². The van der Waals surface area contributed by atoms with Crippen LogP contribution in [0.2, 0.25) is 0 Å². The molecule has 2 aromatic heterocycles. The number of nitrogens with two attached hydrogens (primary N) is 1. The van der Waals surface area contributed by atoms with Gasteiger partial charge in [0.1, 0.15) is 23.7 Å². The first kappa shape index (κ1) is 30.6. The standard InChI is InChI=1S/C23H39N6O7P/c1-8-9-10-33-22(31)23(6,7)28-37(32,36-17(5)21(30)35-15(2)3)14-34-16(4)11-29-13-27-18-19(24)25-12-26-20(18)29/h12-13,15-17H,8-11,14H2,1-7H3,(H,28,32)(H2,24,25,26)/t16-,17-,37?/m1/s1. The van der Waals surface area contributed by atoms with Crippen LogP contribution in [-0.2, 0) is 39.4 Å². The minimum absolute atomic E-state index is 0.239. The highest BCUT2D eigenvalue weighted by Crippen LogP contribution is 2.46. The van der Waals surface area contributed by atoms with E-state index in [4.69, 9.17) is 24.5 Å². The van der Waals surface area contributed by atoms with Gasteiger partial charge < -0.3 is 29.0 Å². The molecule has 0 bridgehead atoms. The number of hydrogen-bond donors (Lipinski definition) is 2. The number of nitrogens with one attached hydrogen (secondary N) is 1. The molecule has 0 saturated heterocycles. The molecule has 0 saturated carbocycles. The molecule has 0 aliphatic carbocycles. The molecule has 0 fully saturated rings. The highest BCUT2D eigenvalue weighted by molar-refractivity contribution is 7.56. The lowest BCUT2D eigenvalue weighted by atomic mass is 10.1. The van der Waals surface area contributed by atoms with Gasteiger partial charge in [0, 0.05) is 0 Å². The van der Waals surface area contributed by atoms with Gasteiger partial charge in [-0.2, -0.15) is 0 Å². The minimum Gasteiger partial charge on any atom is -0.464 e. The molecule has 14 heteroatoms. The summed E-state index contributed by atoms with van der Waals surface area (Å²) in [5.74, 6) is -1.03. The Morgan fingerprint density at radius 2 is 1.89 bits per heavy atom. The molecular formula is C23H39N6O7P. The zero-order chi connectivity index (χ0) is 27.8. The van der Waals surface area contributed by atoms with E-state index in [9.17, 15) is 14.2 Å². The summed E-state index contributed by atoms with van der Waals surface area (Å²) in [6.07, 6.45) is 1.99. The number of rotatable bonds is 15. The summed E-state index contributed by atoms with van der Waals surface area (Å²) in [7, 11) is -3.93. The topological polar surface area (TPSA) is 170 Å². The molecule has 0 aromatic carbocycles. The summed E-state index contributed by atoms with van der Waals surface area (Å²) in [5, 5.41) is 2.76. The van der Waals surface area contributed by atoms with Crippen molar-refractivity contribution >= 4 is 36.4 Å². The molecule has 0 spiro atoms. The Kier molecular flexibility index (Phi) is 11.0. The maximum atomic E-state index is 13.9. The molecule has 3 N–H and O–H groups in total. The van der Waals surface area contributed by atoms with Gasteiger partial charge in [0.2, 0.25) is 0 Å². The lowest BCUT2D eigenvalue weighted by molar-refractivity contribution is -0.155. The van der Waals surface area contributed by atoms with Crippen LogP contribution in [-0.4, -0.2) is 68.3 Å². The maximum absolute atomic E-state index is 13.9. The van der Waals surface area contributed by atoms with E-state index in [0.29, 0.717) is 24.1 Å². The molecule has 208 valence electrons. The second-order valence-corrected chi connectivity index (χ2v) is 11.6. The highest BCUT2D eigenvalue weighted by atomic mass is 31.2. The monoisotopic (exact) mass is 542 g/mol. The van der Waals surface area contributed by atoms with Crippen LogP contribution in [0, 0.1) is 0 Å². The highest BCUT2D eigenvalue weighted by Gasteiger charge is 2.40.